The molecule has 0 saturated carbocycles. The largest absolute Gasteiger partial charge is 0.388 e. The highest BCUT2D eigenvalue weighted by Crippen LogP contribution is 2.38. The van der Waals surface area contributed by atoms with E-state index in [4.69, 9.17) is 0 Å². The number of hydrogen-bond donors (Lipinski definition) is 1. The first-order valence-electron chi connectivity index (χ1n) is 6.87. The van der Waals surface area contributed by atoms with E-state index in [0.29, 0.717) is 5.56 Å². The van der Waals surface area contributed by atoms with E-state index in [2.05, 4.69) is 0 Å². The summed E-state index contributed by atoms with van der Waals surface area (Å²) in [7, 11) is 0. The second kappa shape index (κ2) is 4.02. The van der Waals surface area contributed by atoms with Gasteiger partial charge in [-0.1, -0.05) is 48.5 Å². The van der Waals surface area contributed by atoms with Gasteiger partial charge in [0, 0.05) is 22.3 Å². The molecule has 0 radical (unpaired) electrons. The quantitative estimate of drug-likeness (QED) is 0.578. The van der Waals surface area contributed by atoms with Crippen LogP contribution in [0.3, 0.4) is 0 Å². The highest BCUT2D eigenvalue weighted by molar-refractivity contribution is 6.12. The van der Waals surface area contributed by atoms with Crippen molar-refractivity contribution in [2.75, 3.05) is 6.61 Å². The summed E-state index contributed by atoms with van der Waals surface area (Å²) in [5.41, 5.74) is -0.803. The minimum atomic E-state index is -1.43. The Labute approximate surface area is 120 Å². The van der Waals surface area contributed by atoms with Gasteiger partial charge >= 0.3 is 0 Å². The van der Waals surface area contributed by atoms with Crippen molar-refractivity contribution in [1.82, 2.24) is 0 Å². The van der Waals surface area contributed by atoms with Crippen molar-refractivity contribution in [2.45, 2.75) is 12.0 Å². The maximum atomic E-state index is 11.6. The molecule has 0 amide bonds. The Morgan fingerprint density at radius 1 is 1.10 bits per heavy atom. The third-order valence-corrected chi connectivity index (χ3v) is 4.58. The van der Waals surface area contributed by atoms with Crippen LogP contribution < -0.4 is 5.22 Å². The van der Waals surface area contributed by atoms with Gasteiger partial charge in [-0.15, -0.1) is 0 Å². The Bertz CT molecular complexity index is 932. The van der Waals surface area contributed by atoms with Crippen LogP contribution in [0.5, 0.6) is 0 Å². The number of rotatable bonds is 2. The van der Waals surface area contributed by atoms with E-state index < -0.39 is 12.1 Å². The molecule has 0 heterocycles. The van der Waals surface area contributed by atoms with Crippen LogP contribution in [0.4, 0.5) is 0 Å². The van der Waals surface area contributed by atoms with Crippen LogP contribution in [0.15, 0.2) is 42.5 Å². The molecule has 0 saturated heterocycles. The molecule has 0 spiro atoms. The molecule has 1 atom stereocenters. The van der Waals surface area contributed by atoms with E-state index in [-0.39, 0.29) is 11.3 Å². The first-order valence-corrected chi connectivity index (χ1v) is 6.87. The highest BCUT2D eigenvalue weighted by Gasteiger charge is 2.46. The average Bonchev–Trinajstić information content (AvgIpc) is 2.52. The van der Waals surface area contributed by atoms with Crippen LogP contribution >= 0.6 is 0 Å². The molecule has 1 aliphatic carbocycles. The van der Waals surface area contributed by atoms with Crippen LogP contribution in [0, 0.1) is 10.1 Å². The number of aliphatic hydroxyl groups is 1. The number of nitro groups is 1. The molecule has 0 aromatic heterocycles. The zero-order valence-corrected chi connectivity index (χ0v) is 11.2. The number of hydrogen-bond acceptors (Lipinski definition) is 3. The lowest BCUT2D eigenvalue weighted by Crippen LogP contribution is -2.41. The predicted molar refractivity (Wildman–Crippen MR) is 81.5 cm³/mol. The first-order chi connectivity index (χ1) is 10.2. The molecule has 1 unspecified atom stereocenters. The van der Waals surface area contributed by atoms with Gasteiger partial charge in [0.05, 0.1) is 0 Å². The van der Waals surface area contributed by atoms with Crippen molar-refractivity contribution in [1.29, 1.82) is 0 Å². The lowest BCUT2D eigenvalue weighted by atomic mass is 9.79. The maximum Gasteiger partial charge on any atom is 0.273 e. The summed E-state index contributed by atoms with van der Waals surface area (Å²) in [6, 6.07) is 13.8. The molecule has 0 fully saturated rings. The van der Waals surface area contributed by atoms with E-state index in [0.717, 1.165) is 26.8 Å². The second-order valence-electron chi connectivity index (χ2n) is 5.58. The van der Waals surface area contributed by atoms with Crippen LogP contribution in [0.25, 0.3) is 27.6 Å². The Morgan fingerprint density at radius 3 is 2.48 bits per heavy atom. The molecule has 4 rings (SSSR count). The van der Waals surface area contributed by atoms with Crippen molar-refractivity contribution >= 4 is 27.6 Å². The fourth-order valence-corrected chi connectivity index (χ4v) is 3.44. The van der Waals surface area contributed by atoms with Crippen molar-refractivity contribution in [3.63, 3.8) is 0 Å². The van der Waals surface area contributed by atoms with Gasteiger partial charge in [-0.2, -0.15) is 0 Å². The Hall–Kier alpha value is -2.46. The smallest absolute Gasteiger partial charge is 0.273 e. The van der Waals surface area contributed by atoms with Crippen LogP contribution in [-0.4, -0.2) is 16.6 Å². The number of benzene rings is 3. The molecule has 4 heteroatoms. The summed E-state index contributed by atoms with van der Waals surface area (Å²) < 4.78 is 0. The molecule has 104 valence electrons. The fourth-order valence-electron chi connectivity index (χ4n) is 3.44. The number of nitrogens with zero attached hydrogens (tertiary/aromatic N) is 1. The van der Waals surface area contributed by atoms with Gasteiger partial charge in [-0.3, -0.25) is 10.1 Å². The minimum Gasteiger partial charge on any atom is -0.388 e. The average molecular weight is 279 g/mol. The molecule has 4 nitrogen and oxygen atoms in total. The zero-order chi connectivity index (χ0) is 14.6. The van der Waals surface area contributed by atoms with E-state index in [1.807, 2.05) is 42.5 Å². The van der Waals surface area contributed by atoms with Crippen molar-refractivity contribution in [3.8, 4) is 0 Å². The van der Waals surface area contributed by atoms with Gasteiger partial charge in [0.1, 0.15) is 6.61 Å². The Morgan fingerprint density at radius 2 is 1.81 bits per heavy atom. The van der Waals surface area contributed by atoms with Crippen molar-refractivity contribution in [2.24, 2.45) is 0 Å². The third-order valence-electron chi connectivity index (χ3n) is 4.58. The van der Waals surface area contributed by atoms with Gasteiger partial charge < -0.3 is 5.11 Å². The summed E-state index contributed by atoms with van der Waals surface area (Å²) >= 11 is 0. The Kier molecular flexibility index (Phi) is 2.35. The molecule has 1 aliphatic rings. The summed E-state index contributed by atoms with van der Waals surface area (Å²) in [6.07, 6.45) is 2.09. The molecule has 1 N–H and O–H groups in total. The van der Waals surface area contributed by atoms with Crippen LogP contribution in [0.2, 0.25) is 0 Å². The van der Waals surface area contributed by atoms with Gasteiger partial charge in [-0.25, -0.2) is 0 Å². The van der Waals surface area contributed by atoms with E-state index in [1.165, 1.54) is 0 Å². The lowest BCUT2D eigenvalue weighted by Gasteiger charge is -2.27. The standard InChI is InChI=1S/C17H13NO3/c19-10-17(18(20)21)9-8-13-5-4-11-2-1-3-12-6-7-14(17)16(13)15(11)12/h1-8,19H,9-10H2. The molecular weight excluding hydrogens is 266 g/mol. The number of aliphatic hydroxyl groups excluding tert-OH is 1. The van der Waals surface area contributed by atoms with Crippen LogP contribution in [-0.2, 0) is 5.54 Å². The monoisotopic (exact) mass is 279 g/mol. The maximum absolute atomic E-state index is 11.6. The molecular formula is C17H13NO3. The molecule has 0 aliphatic heterocycles. The van der Waals surface area contributed by atoms with E-state index in [1.54, 1.807) is 6.07 Å². The Balaban J connectivity index is 2.26. The lowest BCUT2D eigenvalue weighted by molar-refractivity contribution is -0.581. The molecule has 0 bridgehead atoms. The zero-order valence-electron chi connectivity index (χ0n) is 11.2. The van der Waals surface area contributed by atoms with E-state index >= 15 is 0 Å². The highest BCUT2D eigenvalue weighted by atomic mass is 16.6. The van der Waals surface area contributed by atoms with Crippen molar-refractivity contribution in [3.05, 3.63) is 63.4 Å². The fraction of sp³-hybridized carbons (Fsp3) is 0.176. The molecule has 3 aromatic carbocycles. The van der Waals surface area contributed by atoms with Gasteiger partial charge in [0.2, 0.25) is 0 Å². The third kappa shape index (κ3) is 1.42. The molecule has 21 heavy (non-hydrogen) atoms. The van der Waals surface area contributed by atoms with Gasteiger partial charge in [0.25, 0.3) is 5.54 Å². The predicted octanol–water partition coefficient (Wildman–Crippen LogP) is 2.36. The van der Waals surface area contributed by atoms with E-state index in [9.17, 15) is 15.2 Å². The minimum absolute atomic E-state index is 0.219. The summed E-state index contributed by atoms with van der Waals surface area (Å²) in [6.45, 7) is -0.492. The van der Waals surface area contributed by atoms with Gasteiger partial charge in [-0.05, 0) is 21.4 Å². The molecule has 3 aromatic rings. The van der Waals surface area contributed by atoms with Crippen molar-refractivity contribution < 1.29 is 10.0 Å². The first kappa shape index (κ1) is 12.3. The normalized spacial score (nSPS) is 20.6. The SMILES string of the molecule is O=[N+]([O-])C1(CO)CC=c2ccc3cccc4ccc1c2c43. The summed E-state index contributed by atoms with van der Waals surface area (Å²) in [4.78, 5) is 11.3. The van der Waals surface area contributed by atoms with Crippen LogP contribution in [0.1, 0.15) is 12.0 Å². The van der Waals surface area contributed by atoms with Gasteiger partial charge in [0.15, 0.2) is 0 Å². The topological polar surface area (TPSA) is 63.4 Å². The second-order valence-corrected chi connectivity index (χ2v) is 5.58. The summed E-state index contributed by atoms with van der Waals surface area (Å²) in [5.74, 6) is 0. The summed E-state index contributed by atoms with van der Waals surface area (Å²) in [5, 5.41) is 26.4.